The van der Waals surface area contributed by atoms with E-state index in [1.165, 1.54) is 0 Å². The first-order valence-electron chi connectivity index (χ1n) is 7.56. The molecule has 1 heterocycles. The van der Waals surface area contributed by atoms with E-state index in [0.717, 1.165) is 22.3 Å². The Kier molecular flexibility index (Phi) is 2.85. The summed E-state index contributed by atoms with van der Waals surface area (Å²) in [4.78, 5) is 16.5. The minimum Gasteiger partial charge on any atom is -0.435 e. The molecule has 0 atom stereocenters. The largest absolute Gasteiger partial charge is 0.435 e. The summed E-state index contributed by atoms with van der Waals surface area (Å²) in [5.74, 6) is 0.573. The number of carbonyl (C=O) groups excluding carboxylic acids is 1. The molecule has 4 rings (SSSR count). The normalized spacial score (nSPS) is 13.3. The number of fused-ring (bicyclic) bond motifs is 2. The molecule has 0 aliphatic heterocycles. The highest BCUT2D eigenvalue weighted by Crippen LogP contribution is 2.35. The van der Waals surface area contributed by atoms with E-state index in [0.29, 0.717) is 41.0 Å². The molecule has 112 valence electrons. The van der Waals surface area contributed by atoms with Gasteiger partial charge in [-0.1, -0.05) is 12.1 Å². The van der Waals surface area contributed by atoms with E-state index in [9.17, 15) is 10.1 Å². The fourth-order valence-corrected chi connectivity index (χ4v) is 3.20. The predicted molar refractivity (Wildman–Crippen MR) is 86.3 cm³/mol. The third kappa shape index (κ3) is 1.90. The van der Waals surface area contributed by atoms with Crippen LogP contribution in [0, 0.1) is 25.2 Å². The van der Waals surface area contributed by atoms with Crippen LogP contribution in [0.2, 0.25) is 0 Å². The number of oxazole rings is 1. The molecule has 1 aliphatic rings. The van der Waals surface area contributed by atoms with Gasteiger partial charge in [-0.3, -0.25) is 4.79 Å². The van der Waals surface area contributed by atoms with Gasteiger partial charge in [0.1, 0.15) is 17.1 Å². The summed E-state index contributed by atoms with van der Waals surface area (Å²) in [5.41, 5.74) is 6.10. The second kappa shape index (κ2) is 4.79. The zero-order chi connectivity index (χ0) is 16.1. The van der Waals surface area contributed by atoms with Gasteiger partial charge in [0.25, 0.3) is 0 Å². The van der Waals surface area contributed by atoms with Crippen LogP contribution in [-0.4, -0.2) is 10.8 Å². The van der Waals surface area contributed by atoms with E-state index in [4.69, 9.17) is 4.42 Å². The summed E-state index contributed by atoms with van der Waals surface area (Å²) >= 11 is 0. The number of aromatic nitrogens is 1. The number of Topliss-reactive ketones (excluding diaryl/α,β-unsaturated/α-hetero) is 1. The average molecular weight is 302 g/mol. The van der Waals surface area contributed by atoms with Crippen molar-refractivity contribution in [2.45, 2.75) is 26.7 Å². The van der Waals surface area contributed by atoms with Crippen molar-refractivity contribution in [3.05, 3.63) is 52.1 Å². The number of carbonyl (C=O) groups is 1. The Morgan fingerprint density at radius 3 is 2.83 bits per heavy atom. The predicted octanol–water partition coefficient (Wildman–Crippen LogP) is 4.11. The number of nitrogens with zero attached hydrogens (tertiary/aromatic N) is 2. The Balaban J connectivity index is 2.01. The van der Waals surface area contributed by atoms with E-state index in [2.05, 4.69) is 11.1 Å². The van der Waals surface area contributed by atoms with E-state index in [1.54, 1.807) is 6.07 Å². The Morgan fingerprint density at radius 1 is 1.22 bits per heavy atom. The van der Waals surface area contributed by atoms with Crippen LogP contribution in [-0.2, 0) is 6.42 Å². The molecule has 3 aromatic rings. The van der Waals surface area contributed by atoms with Gasteiger partial charge in [-0.05, 0) is 49.1 Å². The van der Waals surface area contributed by atoms with Crippen LogP contribution >= 0.6 is 0 Å². The first-order valence-corrected chi connectivity index (χ1v) is 7.56. The van der Waals surface area contributed by atoms with Gasteiger partial charge in [-0.2, -0.15) is 5.26 Å². The number of nitriles is 1. The molecule has 0 amide bonds. The topological polar surface area (TPSA) is 66.9 Å². The lowest BCUT2D eigenvalue weighted by molar-refractivity contribution is 0.0994. The van der Waals surface area contributed by atoms with E-state index in [-0.39, 0.29) is 5.78 Å². The molecule has 4 nitrogen and oxygen atoms in total. The maximum Gasteiger partial charge on any atom is 0.227 e. The van der Waals surface area contributed by atoms with Crippen LogP contribution in [0.15, 0.2) is 28.7 Å². The van der Waals surface area contributed by atoms with Crippen molar-refractivity contribution >= 4 is 16.9 Å². The maximum absolute atomic E-state index is 12.0. The summed E-state index contributed by atoms with van der Waals surface area (Å²) in [6.45, 7) is 4.06. The van der Waals surface area contributed by atoms with Crippen molar-refractivity contribution < 1.29 is 9.21 Å². The van der Waals surface area contributed by atoms with Crippen molar-refractivity contribution in [1.82, 2.24) is 4.98 Å². The molecule has 0 fully saturated rings. The first-order chi connectivity index (χ1) is 11.1. The molecule has 0 saturated heterocycles. The molecule has 0 spiro atoms. The van der Waals surface area contributed by atoms with Crippen LogP contribution < -0.4 is 0 Å². The number of rotatable bonds is 1. The molecule has 1 aliphatic carbocycles. The average Bonchev–Trinajstić information content (AvgIpc) is 3.12. The fraction of sp³-hybridized carbons (Fsp3) is 0.211. The molecule has 0 unspecified atom stereocenters. The van der Waals surface area contributed by atoms with Gasteiger partial charge in [0.05, 0.1) is 0 Å². The number of aryl methyl sites for hydroxylation is 1. The second-order valence-corrected chi connectivity index (χ2v) is 5.93. The SMILES string of the molecule is Cc1cccc(-c2nc3cc4c(c(C#N)c3o2)CCC4=O)c1C. The highest BCUT2D eigenvalue weighted by Gasteiger charge is 2.27. The Bertz CT molecular complexity index is 1020. The van der Waals surface area contributed by atoms with Crippen LogP contribution in [0.25, 0.3) is 22.6 Å². The fourth-order valence-electron chi connectivity index (χ4n) is 3.20. The van der Waals surface area contributed by atoms with Crippen LogP contribution in [0.1, 0.15) is 39.0 Å². The zero-order valence-electron chi connectivity index (χ0n) is 12.9. The number of hydrogen-bond donors (Lipinski definition) is 0. The lowest BCUT2D eigenvalue weighted by Crippen LogP contribution is -1.93. The molecular weight excluding hydrogens is 288 g/mol. The van der Waals surface area contributed by atoms with Gasteiger partial charge in [0.2, 0.25) is 5.89 Å². The third-order valence-electron chi connectivity index (χ3n) is 4.64. The van der Waals surface area contributed by atoms with E-state index >= 15 is 0 Å². The second-order valence-electron chi connectivity index (χ2n) is 5.93. The highest BCUT2D eigenvalue weighted by molar-refractivity contribution is 6.04. The lowest BCUT2D eigenvalue weighted by atomic mass is 10.0. The highest BCUT2D eigenvalue weighted by atomic mass is 16.3. The third-order valence-corrected chi connectivity index (χ3v) is 4.64. The minimum atomic E-state index is 0.0784. The van der Waals surface area contributed by atoms with Crippen molar-refractivity contribution in [1.29, 1.82) is 5.26 Å². The molecule has 0 N–H and O–H groups in total. The number of benzene rings is 2. The van der Waals surface area contributed by atoms with Gasteiger partial charge in [0.15, 0.2) is 11.4 Å². The summed E-state index contributed by atoms with van der Waals surface area (Å²) in [7, 11) is 0. The molecule has 0 saturated carbocycles. The molecule has 0 radical (unpaired) electrons. The van der Waals surface area contributed by atoms with Crippen LogP contribution in [0.3, 0.4) is 0 Å². The summed E-state index contributed by atoms with van der Waals surface area (Å²) in [6, 6.07) is 9.91. The molecule has 23 heavy (non-hydrogen) atoms. The summed E-state index contributed by atoms with van der Waals surface area (Å²) < 4.78 is 5.93. The quantitative estimate of drug-likeness (QED) is 0.678. The van der Waals surface area contributed by atoms with E-state index in [1.807, 2.05) is 32.0 Å². The lowest BCUT2D eigenvalue weighted by Gasteiger charge is -2.04. The van der Waals surface area contributed by atoms with Crippen LogP contribution in [0.4, 0.5) is 0 Å². The summed E-state index contributed by atoms with van der Waals surface area (Å²) in [5, 5.41) is 9.52. The Hall–Kier alpha value is -2.93. The van der Waals surface area contributed by atoms with Crippen molar-refractivity contribution in [2.75, 3.05) is 0 Å². The number of ketones is 1. The molecule has 0 bridgehead atoms. The van der Waals surface area contributed by atoms with Gasteiger partial charge >= 0.3 is 0 Å². The van der Waals surface area contributed by atoms with Gasteiger partial charge in [0, 0.05) is 17.5 Å². The zero-order valence-corrected chi connectivity index (χ0v) is 12.9. The number of hydrogen-bond acceptors (Lipinski definition) is 4. The first kappa shape index (κ1) is 13.7. The molecule has 1 aromatic heterocycles. The van der Waals surface area contributed by atoms with Gasteiger partial charge < -0.3 is 4.42 Å². The van der Waals surface area contributed by atoms with Crippen molar-refractivity contribution in [3.8, 4) is 17.5 Å². The van der Waals surface area contributed by atoms with Crippen molar-refractivity contribution in [3.63, 3.8) is 0 Å². The monoisotopic (exact) mass is 302 g/mol. The Labute approximate surface area is 133 Å². The summed E-state index contributed by atoms with van der Waals surface area (Å²) in [6.07, 6.45) is 1.06. The van der Waals surface area contributed by atoms with Crippen molar-refractivity contribution in [2.24, 2.45) is 0 Å². The molecular formula is C19H14N2O2. The minimum absolute atomic E-state index is 0.0784. The van der Waals surface area contributed by atoms with E-state index < -0.39 is 0 Å². The molecule has 4 heteroatoms. The standard InChI is InChI=1S/C19H14N2O2/c1-10-4-3-5-12(11(10)2)19-21-16-8-14-13(6-7-17(14)22)15(9-20)18(16)23-19/h3-5,8H,6-7H2,1-2H3. The molecule has 2 aromatic carbocycles. The van der Waals surface area contributed by atoms with Crippen LogP contribution in [0.5, 0.6) is 0 Å². The maximum atomic E-state index is 12.0. The van der Waals surface area contributed by atoms with Gasteiger partial charge in [-0.15, -0.1) is 0 Å². The smallest absolute Gasteiger partial charge is 0.227 e. The van der Waals surface area contributed by atoms with Gasteiger partial charge in [-0.25, -0.2) is 4.98 Å². The Morgan fingerprint density at radius 2 is 2.04 bits per heavy atom.